The predicted molar refractivity (Wildman–Crippen MR) is 46.3 cm³/mol. The van der Waals surface area contributed by atoms with Gasteiger partial charge in [0.25, 0.3) is 0 Å². The highest BCUT2D eigenvalue weighted by Gasteiger charge is 2.23. The van der Waals surface area contributed by atoms with Crippen molar-refractivity contribution in [2.45, 2.75) is 19.8 Å². The average molecular weight is 160 g/mol. The van der Waals surface area contributed by atoms with E-state index in [0.717, 1.165) is 13.1 Å². The van der Waals surface area contributed by atoms with Crippen molar-refractivity contribution in [3.8, 4) is 12.3 Å². The van der Waals surface area contributed by atoms with Gasteiger partial charge in [0.1, 0.15) is 0 Å². The first kappa shape index (κ1) is 9.81. The molecule has 0 radical (unpaired) electrons. The van der Waals surface area contributed by atoms with Gasteiger partial charge in [-0.2, -0.15) is 0 Å². The van der Waals surface area contributed by atoms with Gasteiger partial charge in [0.2, 0.25) is 0 Å². The van der Waals surface area contributed by atoms with E-state index < -0.39 is 0 Å². The smallest absolute Gasteiger partial charge is 0.0408 e. The van der Waals surface area contributed by atoms with Crippen molar-refractivity contribution in [3.05, 3.63) is 0 Å². The topological polar surface area (TPSA) is 12.0 Å². The fraction of sp³-hybridized carbons (Fsp3) is 0.750. The minimum Gasteiger partial charge on any atom is -0.315 e. The van der Waals surface area contributed by atoms with Crippen LogP contribution >= 0.6 is 12.4 Å². The van der Waals surface area contributed by atoms with Gasteiger partial charge in [-0.25, -0.2) is 0 Å². The van der Waals surface area contributed by atoms with Crippen LogP contribution < -0.4 is 5.32 Å². The molecule has 1 rings (SSSR count). The van der Waals surface area contributed by atoms with Crippen LogP contribution in [0.5, 0.6) is 0 Å². The van der Waals surface area contributed by atoms with Crippen molar-refractivity contribution in [2.24, 2.45) is 5.41 Å². The lowest BCUT2D eigenvalue weighted by molar-refractivity contribution is 0.321. The van der Waals surface area contributed by atoms with E-state index in [4.69, 9.17) is 6.42 Å². The van der Waals surface area contributed by atoms with Crippen LogP contribution in [-0.2, 0) is 0 Å². The van der Waals surface area contributed by atoms with Gasteiger partial charge < -0.3 is 5.32 Å². The average Bonchev–Trinajstić information content (AvgIpc) is 1.90. The maximum atomic E-state index is 5.35. The summed E-state index contributed by atoms with van der Waals surface area (Å²) in [5, 5.41) is 3.28. The zero-order valence-corrected chi connectivity index (χ0v) is 7.13. The number of halogens is 1. The fourth-order valence-corrected chi connectivity index (χ4v) is 1.18. The van der Waals surface area contributed by atoms with Crippen LogP contribution in [0.3, 0.4) is 0 Å². The number of terminal acetylenes is 1. The number of rotatable bonds is 0. The SMILES string of the molecule is C#CC1(C)CCCNC1.Cl. The van der Waals surface area contributed by atoms with E-state index >= 15 is 0 Å². The van der Waals surface area contributed by atoms with Crippen molar-refractivity contribution in [2.75, 3.05) is 13.1 Å². The summed E-state index contributed by atoms with van der Waals surface area (Å²) in [7, 11) is 0. The van der Waals surface area contributed by atoms with E-state index in [0.29, 0.717) is 0 Å². The molecule has 1 aliphatic heterocycles. The van der Waals surface area contributed by atoms with Crippen LogP contribution in [0.1, 0.15) is 19.8 Å². The van der Waals surface area contributed by atoms with E-state index in [1.807, 2.05) is 0 Å². The van der Waals surface area contributed by atoms with E-state index in [2.05, 4.69) is 18.2 Å². The van der Waals surface area contributed by atoms with E-state index in [1.54, 1.807) is 0 Å². The second-order valence-corrected chi connectivity index (χ2v) is 2.99. The van der Waals surface area contributed by atoms with Gasteiger partial charge >= 0.3 is 0 Å². The zero-order chi connectivity index (χ0) is 6.74. The molecule has 0 saturated carbocycles. The van der Waals surface area contributed by atoms with Gasteiger partial charge in [0.15, 0.2) is 0 Å². The molecule has 0 spiro atoms. The highest BCUT2D eigenvalue weighted by Crippen LogP contribution is 2.23. The molecule has 0 aromatic rings. The highest BCUT2D eigenvalue weighted by molar-refractivity contribution is 5.85. The van der Waals surface area contributed by atoms with Crippen molar-refractivity contribution in [3.63, 3.8) is 0 Å². The predicted octanol–water partition coefficient (Wildman–Crippen LogP) is 1.43. The molecule has 1 N–H and O–H groups in total. The Morgan fingerprint density at radius 2 is 2.30 bits per heavy atom. The molecule has 0 aromatic heterocycles. The zero-order valence-electron chi connectivity index (χ0n) is 6.31. The summed E-state index contributed by atoms with van der Waals surface area (Å²) in [5.41, 5.74) is 0.137. The summed E-state index contributed by atoms with van der Waals surface area (Å²) >= 11 is 0. The van der Waals surface area contributed by atoms with Gasteiger partial charge in [0.05, 0.1) is 0 Å². The van der Waals surface area contributed by atoms with Gasteiger partial charge in [-0.05, 0) is 26.3 Å². The second-order valence-electron chi connectivity index (χ2n) is 2.99. The molecule has 1 aliphatic rings. The summed E-state index contributed by atoms with van der Waals surface area (Å²) in [5.74, 6) is 2.82. The molecule has 1 atom stereocenters. The minimum atomic E-state index is 0. The Labute approximate surface area is 69.0 Å². The maximum Gasteiger partial charge on any atom is 0.0408 e. The molecular weight excluding hydrogens is 146 g/mol. The molecular formula is C8H14ClN. The Morgan fingerprint density at radius 3 is 2.60 bits per heavy atom. The van der Waals surface area contributed by atoms with Crippen LogP contribution in [0.2, 0.25) is 0 Å². The van der Waals surface area contributed by atoms with Crippen molar-refractivity contribution in [1.82, 2.24) is 5.32 Å². The van der Waals surface area contributed by atoms with Crippen LogP contribution in [0, 0.1) is 17.8 Å². The Morgan fingerprint density at radius 1 is 1.60 bits per heavy atom. The number of nitrogens with one attached hydrogen (secondary N) is 1. The van der Waals surface area contributed by atoms with Crippen LogP contribution in [-0.4, -0.2) is 13.1 Å². The van der Waals surface area contributed by atoms with Crippen molar-refractivity contribution in [1.29, 1.82) is 0 Å². The maximum absolute atomic E-state index is 5.35. The molecule has 0 aromatic carbocycles. The van der Waals surface area contributed by atoms with E-state index in [9.17, 15) is 0 Å². The first-order valence-electron chi connectivity index (χ1n) is 3.45. The Balaban J connectivity index is 0.000000810. The van der Waals surface area contributed by atoms with E-state index in [1.165, 1.54) is 12.8 Å². The monoisotopic (exact) mass is 159 g/mol. The lowest BCUT2D eigenvalue weighted by Gasteiger charge is -2.28. The molecule has 1 heterocycles. The fourth-order valence-electron chi connectivity index (χ4n) is 1.18. The van der Waals surface area contributed by atoms with Crippen molar-refractivity contribution < 1.29 is 0 Å². The summed E-state index contributed by atoms with van der Waals surface area (Å²) in [6, 6.07) is 0. The standard InChI is InChI=1S/C8H13N.ClH/c1-3-8(2)5-4-6-9-7-8;/h1,9H,4-7H2,2H3;1H. The molecule has 2 heteroatoms. The Hall–Kier alpha value is -0.190. The van der Waals surface area contributed by atoms with Crippen molar-refractivity contribution >= 4 is 12.4 Å². The summed E-state index contributed by atoms with van der Waals surface area (Å²) in [6.07, 6.45) is 7.75. The molecule has 0 amide bonds. The summed E-state index contributed by atoms with van der Waals surface area (Å²) < 4.78 is 0. The van der Waals surface area contributed by atoms with Gasteiger partial charge in [0, 0.05) is 12.0 Å². The molecule has 1 fully saturated rings. The lowest BCUT2D eigenvalue weighted by Crippen LogP contribution is -2.36. The van der Waals surface area contributed by atoms with Gasteiger partial charge in [-0.15, -0.1) is 18.8 Å². The third kappa shape index (κ3) is 2.21. The summed E-state index contributed by atoms with van der Waals surface area (Å²) in [4.78, 5) is 0. The Bertz CT molecular complexity index is 131. The van der Waals surface area contributed by atoms with Crippen LogP contribution in [0.25, 0.3) is 0 Å². The lowest BCUT2D eigenvalue weighted by atomic mass is 9.84. The molecule has 58 valence electrons. The second kappa shape index (κ2) is 3.85. The van der Waals surface area contributed by atoms with Gasteiger partial charge in [-0.1, -0.05) is 5.92 Å². The van der Waals surface area contributed by atoms with Gasteiger partial charge in [-0.3, -0.25) is 0 Å². The third-order valence-corrected chi connectivity index (χ3v) is 1.95. The highest BCUT2D eigenvalue weighted by atomic mass is 35.5. The molecule has 1 unspecified atom stereocenters. The molecule has 10 heavy (non-hydrogen) atoms. The van der Waals surface area contributed by atoms with E-state index in [-0.39, 0.29) is 17.8 Å². The largest absolute Gasteiger partial charge is 0.315 e. The quantitative estimate of drug-likeness (QED) is 0.528. The number of hydrogen-bond donors (Lipinski definition) is 1. The molecule has 0 bridgehead atoms. The minimum absolute atomic E-state index is 0. The van der Waals surface area contributed by atoms with Crippen LogP contribution in [0.15, 0.2) is 0 Å². The number of hydrogen-bond acceptors (Lipinski definition) is 1. The first-order valence-corrected chi connectivity index (χ1v) is 3.45. The molecule has 0 aliphatic carbocycles. The first-order chi connectivity index (χ1) is 4.27. The number of piperidine rings is 1. The normalized spacial score (nSPS) is 32.0. The molecule has 1 saturated heterocycles. The molecule has 1 nitrogen and oxygen atoms in total. The Kier molecular flexibility index (Phi) is 3.78. The van der Waals surface area contributed by atoms with Crippen LogP contribution in [0.4, 0.5) is 0 Å². The third-order valence-electron chi connectivity index (χ3n) is 1.95. The summed E-state index contributed by atoms with van der Waals surface area (Å²) in [6.45, 7) is 4.26.